The molecule has 0 saturated carbocycles. The number of Topliss-reactive ketones (excluding diaryl/α,β-unsaturated/α-hetero) is 3. The first-order valence-corrected chi connectivity index (χ1v) is 22.6. The molecule has 9 atom stereocenters. The minimum atomic E-state index is -2.17. The summed E-state index contributed by atoms with van der Waals surface area (Å²) in [4.78, 5) is 86.0. The Hall–Kier alpha value is -6.68. The summed E-state index contributed by atoms with van der Waals surface area (Å²) in [5.74, 6) is -10.3. The predicted molar refractivity (Wildman–Crippen MR) is 252 cm³/mol. The summed E-state index contributed by atoms with van der Waals surface area (Å²) in [5.41, 5.74) is 0.262. The molecule has 7 rings (SSSR count). The number of hydrogen-bond acceptors (Lipinski definition) is 14. The summed E-state index contributed by atoms with van der Waals surface area (Å²) in [6, 6.07) is 13.6. The second-order valence-electron chi connectivity index (χ2n) is 17.9. The van der Waals surface area contributed by atoms with Crippen LogP contribution in [-0.2, 0) is 30.2 Å². The Kier molecular flexibility index (Phi) is 15.4. The van der Waals surface area contributed by atoms with Gasteiger partial charge >= 0.3 is 17.7 Å². The Labute approximate surface area is 396 Å². The lowest BCUT2D eigenvalue weighted by Crippen LogP contribution is -2.46. The summed E-state index contributed by atoms with van der Waals surface area (Å²) in [6.07, 6.45) is 3.76. The number of allylic oxidation sites excluding steroid dienone is 4. The van der Waals surface area contributed by atoms with Gasteiger partial charge in [-0.3, -0.25) is 24.0 Å². The maximum Gasteiger partial charge on any atom is 0.343 e. The Morgan fingerprint density at radius 2 is 1.53 bits per heavy atom. The number of nitrogens with one attached hydrogen (secondary N) is 2. The van der Waals surface area contributed by atoms with Gasteiger partial charge in [0.15, 0.2) is 0 Å². The first-order chi connectivity index (χ1) is 32.1. The van der Waals surface area contributed by atoms with E-state index >= 15 is 9.59 Å². The lowest BCUT2D eigenvalue weighted by Gasteiger charge is -2.38. The first-order valence-electron chi connectivity index (χ1n) is 22.6. The van der Waals surface area contributed by atoms with E-state index in [1.165, 1.54) is 65.4 Å². The van der Waals surface area contributed by atoms with Gasteiger partial charge in [-0.15, -0.1) is 0 Å². The molecule has 5 bridgehead atoms. The maximum atomic E-state index is 15.3. The number of ketones is 3. The van der Waals surface area contributed by atoms with Crippen LogP contribution in [0.4, 0.5) is 5.69 Å². The molecule has 3 heterocycles. The van der Waals surface area contributed by atoms with Crippen LogP contribution in [0.3, 0.4) is 0 Å². The van der Waals surface area contributed by atoms with E-state index in [1.807, 2.05) is 26.0 Å². The zero-order valence-electron chi connectivity index (χ0n) is 40.2. The van der Waals surface area contributed by atoms with Gasteiger partial charge in [0.05, 0.1) is 46.8 Å². The number of benzene rings is 3. The zero-order chi connectivity index (χ0) is 49.9. The minimum Gasteiger partial charge on any atom is -0.462 e. The Morgan fingerprint density at radius 3 is 2.18 bits per heavy atom. The Balaban J connectivity index is 1.58. The van der Waals surface area contributed by atoms with Crippen LogP contribution in [0.15, 0.2) is 96.1 Å². The summed E-state index contributed by atoms with van der Waals surface area (Å²) in [5, 5.41) is 28.8. The molecule has 15 heteroatoms. The van der Waals surface area contributed by atoms with E-state index in [9.17, 15) is 29.4 Å². The highest BCUT2D eigenvalue weighted by molar-refractivity contribution is 6.33. The van der Waals surface area contributed by atoms with Crippen molar-refractivity contribution in [1.82, 2.24) is 5.32 Å². The number of carbonyl (C=O) groups is 6. The molecule has 3 aromatic rings. The molecule has 0 fully saturated rings. The molecule has 0 spiro atoms. The van der Waals surface area contributed by atoms with Gasteiger partial charge < -0.3 is 44.5 Å². The maximum absolute atomic E-state index is 15.3. The van der Waals surface area contributed by atoms with Gasteiger partial charge in [0.1, 0.15) is 29.0 Å². The Bertz CT molecular complexity index is 2640. The third-order valence-corrected chi connectivity index (χ3v) is 13.1. The molecule has 15 nitrogen and oxygen atoms in total. The number of fused-ring (bicyclic) bond motifs is 14. The van der Waals surface area contributed by atoms with E-state index in [2.05, 4.69) is 10.6 Å². The van der Waals surface area contributed by atoms with E-state index in [-0.39, 0.29) is 39.5 Å². The average Bonchev–Trinajstić information content (AvgIpc) is 3.58. The standard InChI is InChI=1S/C53H60N2O13/c1-12-34-18-13-14-19-36(34)54-41-42-46(60)39-38(45(41)59)40-49(32(8)48(39)67-52(63)35-22-20-26(2)21-23-35)68-53(10,50(40)61)65-25-24-37(64-11)29(5)47(66-33(9)56)31(7)44(58)30(6)43(57)27(3)16-15-17-28(4)51(62)55-42/h13-25,27,29-31,37,43-44,47,54,57-58H,12H2,1-11H3,(H,55,62). The lowest BCUT2D eigenvalue weighted by atomic mass is 9.78. The highest BCUT2D eigenvalue weighted by Gasteiger charge is 2.53. The molecule has 3 aliphatic heterocycles. The van der Waals surface area contributed by atoms with E-state index < -0.39 is 106 Å². The number of esters is 2. The second kappa shape index (κ2) is 20.7. The molecule has 0 aromatic heterocycles. The van der Waals surface area contributed by atoms with Crippen molar-refractivity contribution >= 4 is 40.9 Å². The number of aliphatic hydroxyl groups is 2. The van der Waals surface area contributed by atoms with Crippen molar-refractivity contribution in [1.29, 1.82) is 0 Å². The minimum absolute atomic E-state index is 0.0147. The van der Waals surface area contributed by atoms with Crippen LogP contribution in [0.25, 0.3) is 0 Å². The number of carbonyl (C=O) groups excluding carboxylic acids is 6. The lowest BCUT2D eigenvalue weighted by molar-refractivity contribution is -0.160. The number of rotatable bonds is 7. The number of aliphatic hydroxyl groups excluding tert-OH is 2. The fourth-order valence-electron chi connectivity index (χ4n) is 8.85. The van der Waals surface area contributed by atoms with Crippen LogP contribution in [-0.4, -0.2) is 82.7 Å². The molecule has 1 aliphatic carbocycles. The number of para-hydroxylation sites is 1. The van der Waals surface area contributed by atoms with E-state index in [4.69, 9.17) is 23.7 Å². The number of methoxy groups -OCH3 is 1. The number of hydrogen-bond donors (Lipinski definition) is 4. The van der Waals surface area contributed by atoms with Crippen LogP contribution in [0.2, 0.25) is 0 Å². The van der Waals surface area contributed by atoms with Crippen molar-refractivity contribution in [2.75, 3.05) is 12.4 Å². The summed E-state index contributed by atoms with van der Waals surface area (Å²) < 4.78 is 30.0. The number of anilines is 1. The van der Waals surface area contributed by atoms with Crippen LogP contribution in [0.1, 0.15) is 114 Å². The van der Waals surface area contributed by atoms with Crippen molar-refractivity contribution < 1.29 is 62.7 Å². The van der Waals surface area contributed by atoms with Crippen molar-refractivity contribution in [3.63, 3.8) is 0 Å². The molecule has 9 unspecified atom stereocenters. The normalized spacial score (nSPS) is 26.7. The van der Waals surface area contributed by atoms with Gasteiger partial charge in [-0.2, -0.15) is 0 Å². The monoisotopic (exact) mass is 932 g/mol. The van der Waals surface area contributed by atoms with Crippen molar-refractivity contribution in [2.45, 2.75) is 106 Å². The smallest absolute Gasteiger partial charge is 0.343 e. The third-order valence-electron chi connectivity index (χ3n) is 13.1. The summed E-state index contributed by atoms with van der Waals surface area (Å²) >= 11 is 0. The van der Waals surface area contributed by atoms with Crippen LogP contribution >= 0.6 is 0 Å². The number of aryl methyl sites for hydroxylation is 2. The van der Waals surface area contributed by atoms with Crippen LogP contribution < -0.4 is 20.1 Å². The quantitative estimate of drug-likeness (QED) is 0.134. The molecule has 0 saturated heterocycles. The summed E-state index contributed by atoms with van der Waals surface area (Å²) in [7, 11) is 1.42. The van der Waals surface area contributed by atoms with Gasteiger partial charge in [0, 0.05) is 61.5 Å². The van der Waals surface area contributed by atoms with Crippen molar-refractivity contribution in [3.8, 4) is 11.5 Å². The van der Waals surface area contributed by atoms with Gasteiger partial charge in [-0.05, 0) is 57.0 Å². The van der Waals surface area contributed by atoms with E-state index in [1.54, 1.807) is 64.1 Å². The third kappa shape index (κ3) is 9.96. The van der Waals surface area contributed by atoms with Gasteiger partial charge in [-0.1, -0.05) is 88.7 Å². The fraction of sp³-hybridized carbons (Fsp3) is 0.396. The number of amides is 1. The van der Waals surface area contributed by atoms with Crippen LogP contribution in [0.5, 0.6) is 11.5 Å². The second-order valence-corrected chi connectivity index (χ2v) is 17.9. The molecule has 68 heavy (non-hydrogen) atoms. The zero-order valence-corrected chi connectivity index (χ0v) is 40.2. The molecular formula is C53H60N2O13. The Morgan fingerprint density at radius 1 is 0.853 bits per heavy atom. The molecule has 4 aliphatic rings. The van der Waals surface area contributed by atoms with E-state index in [0.29, 0.717) is 12.1 Å². The highest BCUT2D eigenvalue weighted by atomic mass is 16.7. The van der Waals surface area contributed by atoms with Gasteiger partial charge in [0.2, 0.25) is 11.6 Å². The van der Waals surface area contributed by atoms with Gasteiger partial charge in [0.25, 0.3) is 11.7 Å². The largest absolute Gasteiger partial charge is 0.462 e. The molecule has 0 radical (unpaired) electrons. The summed E-state index contributed by atoms with van der Waals surface area (Å²) in [6.45, 7) is 16.1. The predicted octanol–water partition coefficient (Wildman–Crippen LogP) is 7.45. The number of ether oxygens (including phenoxy) is 5. The van der Waals surface area contributed by atoms with Crippen molar-refractivity contribution in [2.24, 2.45) is 23.7 Å². The molecule has 4 N–H and O–H groups in total. The molecular weight excluding hydrogens is 873 g/mol. The van der Waals surface area contributed by atoms with Crippen molar-refractivity contribution in [3.05, 3.63) is 135 Å². The average molecular weight is 933 g/mol. The highest BCUT2D eigenvalue weighted by Crippen LogP contribution is 2.49. The molecule has 1 amide bonds. The topological polar surface area (TPSA) is 213 Å². The fourth-order valence-corrected chi connectivity index (χ4v) is 8.85. The van der Waals surface area contributed by atoms with Gasteiger partial charge in [-0.25, -0.2) is 4.79 Å². The van der Waals surface area contributed by atoms with E-state index in [0.717, 1.165) is 11.1 Å². The van der Waals surface area contributed by atoms with Crippen LogP contribution in [0, 0.1) is 37.5 Å². The molecule has 3 aromatic carbocycles. The SMILES string of the molecule is CCc1ccccc1NC1=C2NC(=O)C(C)=CC=CC(C)C(O)C(C)C(O)C(C)C(OC(C)=O)C(C)C(OC)C=COC3(C)Oc4c(C)c(OC(=O)c5ccc(C)cc5)c(c(c4C3=O)C1=O)C2=O. The first kappa shape index (κ1) is 50.7. The molecule has 360 valence electrons.